The van der Waals surface area contributed by atoms with Crippen LogP contribution in [0.4, 0.5) is 0 Å². The number of halogens is 1. The monoisotopic (exact) mass is 391 g/mol. The summed E-state index contributed by atoms with van der Waals surface area (Å²) in [5.74, 6) is 0. The van der Waals surface area contributed by atoms with Crippen LogP contribution in [0.25, 0.3) is 22.2 Å². The zero-order valence-electron chi connectivity index (χ0n) is 13.5. The fourth-order valence-corrected chi connectivity index (χ4v) is 3.42. The molecule has 0 spiro atoms. The summed E-state index contributed by atoms with van der Waals surface area (Å²) in [5.41, 5.74) is 1.54. The number of aliphatic hydroxyl groups is 1. The number of hydrogen-bond donors (Lipinski definition) is 1. The van der Waals surface area contributed by atoms with Crippen LogP contribution in [0, 0.1) is 0 Å². The summed E-state index contributed by atoms with van der Waals surface area (Å²) in [7, 11) is 3.14. The summed E-state index contributed by atoms with van der Waals surface area (Å²) in [6.45, 7) is 0.611. The second-order valence-electron chi connectivity index (χ2n) is 5.69. The van der Waals surface area contributed by atoms with Crippen molar-refractivity contribution < 1.29 is 5.11 Å². The Morgan fingerprint density at radius 1 is 1.12 bits per heavy atom. The molecule has 3 rings (SSSR count). The van der Waals surface area contributed by atoms with Gasteiger partial charge in [0.25, 0.3) is 5.56 Å². The van der Waals surface area contributed by atoms with Crippen LogP contribution in [0.1, 0.15) is 6.42 Å². The van der Waals surface area contributed by atoms with Crippen LogP contribution in [0.3, 0.4) is 0 Å². The lowest BCUT2D eigenvalue weighted by Crippen LogP contribution is -2.36. The van der Waals surface area contributed by atoms with E-state index in [1.54, 1.807) is 7.05 Å². The van der Waals surface area contributed by atoms with Crippen LogP contribution < -0.4 is 11.2 Å². The van der Waals surface area contributed by atoms with E-state index in [9.17, 15) is 14.7 Å². The highest BCUT2D eigenvalue weighted by atomic mass is 79.9. The molecule has 0 fully saturated rings. The van der Waals surface area contributed by atoms with E-state index in [1.165, 1.54) is 11.6 Å². The van der Waals surface area contributed by atoms with Crippen LogP contribution >= 0.6 is 15.9 Å². The van der Waals surface area contributed by atoms with Gasteiger partial charge in [-0.1, -0.05) is 34.1 Å². The zero-order chi connectivity index (χ0) is 17.4. The molecule has 0 aliphatic carbocycles. The van der Waals surface area contributed by atoms with Gasteiger partial charge in [0.15, 0.2) is 0 Å². The Bertz CT molecular complexity index is 1030. The molecule has 0 saturated carbocycles. The largest absolute Gasteiger partial charge is 0.396 e. The maximum absolute atomic E-state index is 12.8. The van der Waals surface area contributed by atoms with Gasteiger partial charge in [-0.25, -0.2) is 4.79 Å². The van der Waals surface area contributed by atoms with E-state index >= 15 is 0 Å². The summed E-state index contributed by atoms with van der Waals surface area (Å²) >= 11 is 3.54. The Labute approximate surface area is 146 Å². The smallest absolute Gasteiger partial charge is 0.330 e. The number of fused-ring (bicyclic) bond motifs is 1. The van der Waals surface area contributed by atoms with Crippen LogP contribution in [0.2, 0.25) is 0 Å². The maximum Gasteiger partial charge on any atom is 0.330 e. The average molecular weight is 392 g/mol. The highest BCUT2D eigenvalue weighted by molar-refractivity contribution is 9.10. The molecule has 2 heterocycles. The molecule has 0 saturated heterocycles. The first-order chi connectivity index (χ1) is 11.5. The summed E-state index contributed by atoms with van der Waals surface area (Å²) in [5, 5.41) is 9.68. The SMILES string of the molecule is Cn1c(=O)c2c(-c3ccccc3Br)n(CCCO)cc2n(C)c1=O. The Kier molecular flexibility index (Phi) is 4.47. The predicted molar refractivity (Wildman–Crippen MR) is 97.3 cm³/mol. The highest BCUT2D eigenvalue weighted by Gasteiger charge is 2.20. The molecule has 0 amide bonds. The summed E-state index contributed by atoms with van der Waals surface area (Å²) in [4.78, 5) is 25.0. The van der Waals surface area contributed by atoms with Gasteiger partial charge in [-0.05, 0) is 12.5 Å². The first-order valence-electron chi connectivity index (χ1n) is 7.62. The van der Waals surface area contributed by atoms with Gasteiger partial charge in [0.05, 0.1) is 16.6 Å². The van der Waals surface area contributed by atoms with Crippen LogP contribution in [0.15, 0.2) is 44.5 Å². The second-order valence-corrected chi connectivity index (χ2v) is 6.55. The molecule has 1 N–H and O–H groups in total. The van der Waals surface area contributed by atoms with Crippen molar-refractivity contribution >= 4 is 26.8 Å². The van der Waals surface area contributed by atoms with Crippen molar-refractivity contribution in [2.45, 2.75) is 13.0 Å². The van der Waals surface area contributed by atoms with Crippen molar-refractivity contribution in [1.82, 2.24) is 13.7 Å². The minimum atomic E-state index is -0.356. The van der Waals surface area contributed by atoms with Crippen molar-refractivity contribution in [3.05, 3.63) is 55.8 Å². The molecule has 0 aliphatic rings. The molecule has 0 aliphatic heterocycles. The number of benzene rings is 1. The standard InChI is InChI=1S/C17H18BrN3O3/c1-19-13-10-21(8-5-9-22)15(11-6-3-4-7-12(11)18)14(13)16(23)20(2)17(19)24/h3-4,6-7,10,22H,5,8-9H2,1-2H3. The quantitative estimate of drug-likeness (QED) is 0.737. The van der Waals surface area contributed by atoms with Gasteiger partial charge in [0, 0.05) is 43.5 Å². The minimum absolute atomic E-state index is 0.0564. The normalized spacial score (nSPS) is 11.3. The van der Waals surface area contributed by atoms with Gasteiger partial charge in [-0.15, -0.1) is 0 Å². The van der Waals surface area contributed by atoms with Crippen molar-refractivity contribution in [3.63, 3.8) is 0 Å². The van der Waals surface area contributed by atoms with E-state index in [2.05, 4.69) is 15.9 Å². The van der Waals surface area contributed by atoms with Gasteiger partial charge >= 0.3 is 5.69 Å². The number of aromatic nitrogens is 3. The number of aliphatic hydroxyl groups excluding tert-OH is 1. The first-order valence-corrected chi connectivity index (χ1v) is 8.41. The molecule has 126 valence electrons. The zero-order valence-corrected chi connectivity index (χ0v) is 15.1. The Morgan fingerprint density at radius 3 is 2.50 bits per heavy atom. The molecule has 3 aromatic rings. The lowest BCUT2D eigenvalue weighted by Gasteiger charge is -2.11. The maximum atomic E-state index is 12.8. The lowest BCUT2D eigenvalue weighted by molar-refractivity contribution is 0.280. The Balaban J connectivity index is 2.47. The fraction of sp³-hybridized carbons (Fsp3) is 0.294. The molecule has 0 radical (unpaired) electrons. The molecule has 0 atom stereocenters. The van der Waals surface area contributed by atoms with Crippen LogP contribution in [-0.2, 0) is 20.6 Å². The summed E-state index contributed by atoms with van der Waals surface area (Å²) in [6.07, 6.45) is 2.37. The summed E-state index contributed by atoms with van der Waals surface area (Å²) < 4.78 is 5.40. The van der Waals surface area contributed by atoms with Crippen LogP contribution in [-0.4, -0.2) is 25.4 Å². The third kappa shape index (κ3) is 2.53. The number of nitrogens with zero attached hydrogens (tertiary/aromatic N) is 3. The number of hydrogen-bond acceptors (Lipinski definition) is 3. The van der Waals surface area contributed by atoms with Gasteiger partial charge < -0.3 is 9.67 Å². The molecule has 1 aromatic carbocycles. The van der Waals surface area contributed by atoms with E-state index in [0.29, 0.717) is 23.9 Å². The van der Waals surface area contributed by atoms with Gasteiger partial charge in [0.1, 0.15) is 0 Å². The van der Waals surface area contributed by atoms with Gasteiger partial charge in [0.2, 0.25) is 0 Å². The van der Waals surface area contributed by atoms with E-state index in [0.717, 1.165) is 20.3 Å². The minimum Gasteiger partial charge on any atom is -0.396 e. The molecule has 0 unspecified atom stereocenters. The highest BCUT2D eigenvalue weighted by Crippen LogP contribution is 2.33. The predicted octanol–water partition coefficient (Wildman–Crippen LogP) is 1.85. The lowest BCUT2D eigenvalue weighted by atomic mass is 10.1. The van der Waals surface area contributed by atoms with E-state index in [4.69, 9.17) is 0 Å². The van der Waals surface area contributed by atoms with E-state index in [-0.39, 0.29) is 17.9 Å². The molecule has 0 bridgehead atoms. The van der Waals surface area contributed by atoms with Crippen molar-refractivity contribution in [2.24, 2.45) is 14.1 Å². The molecular weight excluding hydrogens is 374 g/mol. The third-order valence-corrected chi connectivity index (χ3v) is 4.89. The Morgan fingerprint density at radius 2 is 1.83 bits per heavy atom. The van der Waals surface area contributed by atoms with Gasteiger partial charge in [-0.2, -0.15) is 0 Å². The Hall–Kier alpha value is -2.12. The fourth-order valence-electron chi connectivity index (χ4n) is 2.95. The molecule has 7 heteroatoms. The van der Waals surface area contributed by atoms with E-state index < -0.39 is 0 Å². The molecule has 2 aromatic heterocycles. The molecule has 6 nitrogen and oxygen atoms in total. The molecule has 24 heavy (non-hydrogen) atoms. The summed E-state index contributed by atoms with van der Waals surface area (Å²) in [6, 6.07) is 7.65. The number of aryl methyl sites for hydroxylation is 2. The van der Waals surface area contributed by atoms with Gasteiger partial charge in [-0.3, -0.25) is 13.9 Å². The van der Waals surface area contributed by atoms with Crippen molar-refractivity contribution in [3.8, 4) is 11.3 Å². The first kappa shape index (κ1) is 16.7. The van der Waals surface area contributed by atoms with E-state index in [1.807, 2.05) is 35.0 Å². The van der Waals surface area contributed by atoms with Crippen molar-refractivity contribution in [2.75, 3.05) is 6.61 Å². The second kappa shape index (κ2) is 6.41. The topological polar surface area (TPSA) is 69.2 Å². The third-order valence-electron chi connectivity index (χ3n) is 4.20. The van der Waals surface area contributed by atoms with Crippen LogP contribution in [0.5, 0.6) is 0 Å². The average Bonchev–Trinajstić information content (AvgIpc) is 2.96. The molecular formula is C17H18BrN3O3. The van der Waals surface area contributed by atoms with Crippen molar-refractivity contribution in [1.29, 1.82) is 0 Å². The number of rotatable bonds is 4.